The highest BCUT2D eigenvalue weighted by Gasteiger charge is 2.44. The van der Waals surface area contributed by atoms with Gasteiger partial charge in [-0.15, -0.1) is 0 Å². The Kier molecular flexibility index (Phi) is 4.47. The normalized spacial score (nSPS) is 19.7. The summed E-state index contributed by atoms with van der Waals surface area (Å²) in [5.74, 6) is -0.914. The van der Waals surface area contributed by atoms with E-state index in [-0.39, 0.29) is 17.1 Å². The summed E-state index contributed by atoms with van der Waals surface area (Å²) in [6.07, 6.45) is 0.440. The van der Waals surface area contributed by atoms with Gasteiger partial charge in [-0.2, -0.15) is 0 Å². The number of hydrogen-bond acceptors (Lipinski definition) is 3. The molecule has 1 saturated heterocycles. The van der Waals surface area contributed by atoms with E-state index in [2.05, 4.69) is 0 Å². The van der Waals surface area contributed by atoms with E-state index in [4.69, 9.17) is 0 Å². The lowest BCUT2D eigenvalue weighted by atomic mass is 10.0. The fourth-order valence-electron chi connectivity index (χ4n) is 3.03. The Bertz CT molecular complexity index is 716. The third-order valence-electron chi connectivity index (χ3n) is 4.23. The van der Waals surface area contributed by atoms with Crippen LogP contribution in [0.15, 0.2) is 72.0 Å². The molecule has 24 heavy (non-hydrogen) atoms. The average molecular weight is 321 g/mol. The largest absolute Gasteiger partial charge is 0.512 e. The topological polar surface area (TPSA) is 57.6 Å². The molecular weight excluding hydrogens is 302 g/mol. The van der Waals surface area contributed by atoms with Crippen LogP contribution in [0, 0.1) is 0 Å². The van der Waals surface area contributed by atoms with Crippen LogP contribution < -0.4 is 0 Å². The van der Waals surface area contributed by atoms with Gasteiger partial charge >= 0.3 is 0 Å². The highest BCUT2D eigenvalue weighted by atomic mass is 16.3. The number of ketones is 1. The molecule has 0 unspecified atom stereocenters. The van der Waals surface area contributed by atoms with E-state index in [9.17, 15) is 14.7 Å². The Morgan fingerprint density at radius 1 is 0.958 bits per heavy atom. The second kappa shape index (κ2) is 6.71. The van der Waals surface area contributed by atoms with Crippen molar-refractivity contribution in [1.29, 1.82) is 0 Å². The minimum Gasteiger partial charge on any atom is -0.512 e. The fraction of sp³-hybridized carbons (Fsp3) is 0.200. The molecule has 1 N–H and O–H groups in total. The van der Waals surface area contributed by atoms with E-state index >= 15 is 0 Å². The first-order valence-electron chi connectivity index (χ1n) is 7.91. The summed E-state index contributed by atoms with van der Waals surface area (Å²) in [4.78, 5) is 26.9. The smallest absolute Gasteiger partial charge is 0.261 e. The third-order valence-corrected chi connectivity index (χ3v) is 4.23. The van der Waals surface area contributed by atoms with Crippen LogP contribution in [0.25, 0.3) is 0 Å². The molecule has 0 bridgehead atoms. The second-order valence-electron chi connectivity index (χ2n) is 5.95. The Hall–Kier alpha value is -2.88. The van der Waals surface area contributed by atoms with Crippen molar-refractivity contribution in [3.05, 3.63) is 83.1 Å². The summed E-state index contributed by atoms with van der Waals surface area (Å²) < 4.78 is 0. The zero-order chi connectivity index (χ0) is 17.1. The Balaban J connectivity index is 1.94. The van der Waals surface area contributed by atoms with E-state index in [1.807, 2.05) is 60.7 Å². The van der Waals surface area contributed by atoms with Gasteiger partial charge < -0.3 is 10.0 Å². The number of aliphatic hydroxyl groups excluding tert-OH is 1. The van der Waals surface area contributed by atoms with Crippen molar-refractivity contribution in [2.45, 2.75) is 25.9 Å². The van der Waals surface area contributed by atoms with Crippen LogP contribution >= 0.6 is 0 Å². The summed E-state index contributed by atoms with van der Waals surface area (Å²) >= 11 is 0. The van der Waals surface area contributed by atoms with Crippen molar-refractivity contribution in [3.63, 3.8) is 0 Å². The lowest BCUT2D eigenvalue weighted by Crippen LogP contribution is -2.36. The molecule has 1 aliphatic rings. The van der Waals surface area contributed by atoms with Crippen molar-refractivity contribution in [2.75, 3.05) is 0 Å². The molecular formula is C20H19NO3. The lowest BCUT2D eigenvalue weighted by molar-refractivity contribution is -0.127. The van der Waals surface area contributed by atoms with Gasteiger partial charge in [-0.25, -0.2) is 0 Å². The maximum atomic E-state index is 12.7. The number of allylic oxidation sites excluding steroid dienone is 1. The zero-order valence-corrected chi connectivity index (χ0v) is 13.5. The number of hydrogen-bond donors (Lipinski definition) is 1. The van der Waals surface area contributed by atoms with Crippen LogP contribution in [0.2, 0.25) is 0 Å². The van der Waals surface area contributed by atoms with Gasteiger partial charge in [0.1, 0.15) is 17.4 Å². The Labute approximate surface area is 141 Å². The van der Waals surface area contributed by atoms with Crippen molar-refractivity contribution < 1.29 is 14.7 Å². The molecule has 4 nitrogen and oxygen atoms in total. The van der Waals surface area contributed by atoms with Crippen molar-refractivity contribution in [2.24, 2.45) is 0 Å². The zero-order valence-electron chi connectivity index (χ0n) is 13.5. The van der Waals surface area contributed by atoms with Gasteiger partial charge in [0, 0.05) is 13.0 Å². The molecule has 0 saturated carbocycles. The molecule has 2 aromatic carbocycles. The number of likely N-dealkylation sites (tertiary alicyclic amines) is 1. The maximum absolute atomic E-state index is 12.7. The van der Waals surface area contributed by atoms with Crippen LogP contribution in [-0.4, -0.2) is 27.7 Å². The maximum Gasteiger partial charge on any atom is 0.261 e. The van der Waals surface area contributed by atoms with Gasteiger partial charge in [0.2, 0.25) is 0 Å². The summed E-state index contributed by atoms with van der Waals surface area (Å²) in [5.41, 5.74) is 1.85. The number of aliphatic hydroxyl groups is 1. The first kappa shape index (κ1) is 16.0. The molecule has 1 fully saturated rings. The molecule has 122 valence electrons. The first-order chi connectivity index (χ1) is 11.6. The van der Waals surface area contributed by atoms with Crippen LogP contribution in [0.3, 0.4) is 0 Å². The molecule has 1 aliphatic heterocycles. The van der Waals surface area contributed by atoms with Gasteiger partial charge in [0.15, 0.2) is 5.78 Å². The Morgan fingerprint density at radius 3 is 2.04 bits per heavy atom. The summed E-state index contributed by atoms with van der Waals surface area (Å²) in [6, 6.07) is 18.6. The van der Waals surface area contributed by atoms with Crippen LogP contribution in [0.5, 0.6) is 0 Å². The second-order valence-corrected chi connectivity index (χ2v) is 5.95. The number of amides is 1. The molecule has 0 radical (unpaired) electrons. The van der Waals surface area contributed by atoms with E-state index in [1.54, 1.807) is 4.90 Å². The lowest BCUT2D eigenvalue weighted by Gasteiger charge is -2.23. The molecule has 1 amide bonds. The third kappa shape index (κ3) is 3.08. The molecule has 0 aromatic heterocycles. The molecule has 3 rings (SSSR count). The van der Waals surface area contributed by atoms with E-state index in [0.717, 1.165) is 11.1 Å². The van der Waals surface area contributed by atoms with Gasteiger partial charge in [0.05, 0.1) is 0 Å². The number of carbonyl (C=O) groups is 2. The molecule has 4 heteroatoms. The summed E-state index contributed by atoms with van der Waals surface area (Å²) in [6.45, 7) is 1.73. The highest BCUT2D eigenvalue weighted by Crippen LogP contribution is 2.27. The predicted molar refractivity (Wildman–Crippen MR) is 91.3 cm³/mol. The van der Waals surface area contributed by atoms with Crippen molar-refractivity contribution >= 4 is 11.7 Å². The first-order valence-corrected chi connectivity index (χ1v) is 7.91. The minimum absolute atomic E-state index is 0.0909. The number of rotatable bonds is 4. The van der Waals surface area contributed by atoms with Gasteiger partial charge in [0.25, 0.3) is 5.91 Å². The number of nitrogens with zero attached hydrogens (tertiary/aromatic N) is 1. The van der Waals surface area contributed by atoms with E-state index in [1.165, 1.54) is 6.92 Å². The monoisotopic (exact) mass is 321 g/mol. The van der Waals surface area contributed by atoms with Crippen molar-refractivity contribution in [3.8, 4) is 0 Å². The SMILES string of the molecule is C/C(O)=C1\C(=O)[C@H](Cc2ccccc2)N(Cc2ccccc2)C1=O. The number of benzene rings is 2. The summed E-state index contributed by atoms with van der Waals surface area (Å²) in [5, 5.41) is 9.77. The molecule has 0 aliphatic carbocycles. The van der Waals surface area contributed by atoms with Gasteiger partial charge in [-0.3, -0.25) is 9.59 Å². The molecule has 1 atom stereocenters. The minimum atomic E-state index is -0.586. The van der Waals surface area contributed by atoms with E-state index < -0.39 is 11.9 Å². The van der Waals surface area contributed by atoms with E-state index in [0.29, 0.717) is 13.0 Å². The quantitative estimate of drug-likeness (QED) is 0.535. The van der Waals surface area contributed by atoms with Crippen LogP contribution in [-0.2, 0) is 22.6 Å². The molecule has 2 aromatic rings. The molecule has 1 heterocycles. The highest BCUT2D eigenvalue weighted by molar-refractivity contribution is 6.26. The van der Waals surface area contributed by atoms with Gasteiger partial charge in [-0.05, 0) is 18.1 Å². The fourth-order valence-corrected chi connectivity index (χ4v) is 3.03. The standard InChI is InChI=1S/C20H19NO3/c1-14(22)18-19(23)17(12-15-8-4-2-5-9-15)21(20(18)24)13-16-10-6-3-7-11-16/h2-11,17,22H,12-13H2,1H3/b18-14-/t17-/m0/s1. The van der Waals surface area contributed by atoms with Crippen LogP contribution in [0.4, 0.5) is 0 Å². The predicted octanol–water partition coefficient (Wildman–Crippen LogP) is 3.04. The van der Waals surface area contributed by atoms with Crippen molar-refractivity contribution in [1.82, 2.24) is 4.90 Å². The molecule has 0 spiro atoms. The summed E-state index contributed by atoms with van der Waals surface area (Å²) in [7, 11) is 0. The Morgan fingerprint density at radius 2 is 1.50 bits per heavy atom. The van der Waals surface area contributed by atoms with Gasteiger partial charge in [-0.1, -0.05) is 60.7 Å². The average Bonchev–Trinajstić information content (AvgIpc) is 2.81. The number of Topliss-reactive ketones (excluding diaryl/α,β-unsaturated/α-hetero) is 1. The van der Waals surface area contributed by atoms with Crippen LogP contribution in [0.1, 0.15) is 18.1 Å². The number of carbonyl (C=O) groups excluding carboxylic acids is 2.